The first-order valence-corrected chi connectivity index (χ1v) is 6.28. The molecular formula is C11H12N2O4S. The molecule has 0 saturated carbocycles. The van der Waals surface area contributed by atoms with Gasteiger partial charge in [0, 0.05) is 6.42 Å². The lowest BCUT2D eigenvalue weighted by molar-refractivity contribution is -0.122. The summed E-state index contributed by atoms with van der Waals surface area (Å²) in [6.45, 7) is 1.73. The molecule has 2 amide bonds. The van der Waals surface area contributed by atoms with Crippen molar-refractivity contribution in [2.45, 2.75) is 25.8 Å². The van der Waals surface area contributed by atoms with Crippen LogP contribution >= 0.6 is 11.3 Å². The average molecular weight is 268 g/mol. The molecule has 0 spiro atoms. The van der Waals surface area contributed by atoms with E-state index in [0.717, 1.165) is 11.3 Å². The summed E-state index contributed by atoms with van der Waals surface area (Å²) in [7, 11) is 0. The van der Waals surface area contributed by atoms with E-state index in [9.17, 15) is 14.4 Å². The lowest BCUT2D eigenvalue weighted by Gasteiger charge is -2.11. The Morgan fingerprint density at radius 3 is 2.83 bits per heavy atom. The third-order valence-electron chi connectivity index (χ3n) is 2.73. The third-order valence-corrected chi connectivity index (χ3v) is 3.82. The molecule has 0 bridgehead atoms. The van der Waals surface area contributed by atoms with E-state index in [0.29, 0.717) is 24.1 Å². The Labute approximate surface area is 107 Å². The van der Waals surface area contributed by atoms with Crippen LogP contribution in [0.25, 0.3) is 0 Å². The lowest BCUT2D eigenvalue weighted by Crippen LogP contribution is -2.37. The van der Waals surface area contributed by atoms with Crippen LogP contribution in [0.5, 0.6) is 0 Å². The molecule has 3 N–H and O–H groups in total. The van der Waals surface area contributed by atoms with Gasteiger partial charge in [-0.2, -0.15) is 0 Å². The minimum Gasteiger partial charge on any atom is -0.477 e. The molecule has 1 atom stereocenters. The van der Waals surface area contributed by atoms with E-state index in [1.165, 1.54) is 0 Å². The molecular weight excluding hydrogens is 256 g/mol. The molecule has 6 nitrogen and oxygen atoms in total. The number of carboxylic acid groups (broad SMARTS) is 1. The second-order valence-corrected chi connectivity index (χ2v) is 4.96. The summed E-state index contributed by atoms with van der Waals surface area (Å²) in [5.74, 6) is -1.60. The van der Waals surface area contributed by atoms with Gasteiger partial charge < -0.3 is 15.7 Å². The molecule has 1 aromatic heterocycles. The van der Waals surface area contributed by atoms with E-state index >= 15 is 0 Å². The molecule has 18 heavy (non-hydrogen) atoms. The van der Waals surface area contributed by atoms with E-state index in [4.69, 9.17) is 5.11 Å². The van der Waals surface area contributed by atoms with E-state index < -0.39 is 12.0 Å². The number of aromatic carboxylic acids is 1. The van der Waals surface area contributed by atoms with E-state index in [2.05, 4.69) is 10.6 Å². The quantitative estimate of drug-likeness (QED) is 0.761. The van der Waals surface area contributed by atoms with Gasteiger partial charge in [-0.25, -0.2) is 4.79 Å². The molecule has 2 heterocycles. The summed E-state index contributed by atoms with van der Waals surface area (Å²) in [6.07, 6.45) is 0.767. The van der Waals surface area contributed by atoms with Crippen molar-refractivity contribution in [2.24, 2.45) is 0 Å². The highest BCUT2D eigenvalue weighted by Crippen LogP contribution is 2.28. The van der Waals surface area contributed by atoms with Crippen LogP contribution in [-0.4, -0.2) is 28.9 Å². The van der Waals surface area contributed by atoms with Crippen LogP contribution in [-0.2, 0) is 9.59 Å². The Balaban J connectivity index is 2.14. The molecule has 2 rings (SSSR count). The number of carbonyl (C=O) groups is 3. The van der Waals surface area contributed by atoms with Crippen LogP contribution in [0.15, 0.2) is 5.38 Å². The normalized spacial score (nSPS) is 18.5. The number of hydrogen-bond donors (Lipinski definition) is 3. The number of nitrogens with one attached hydrogen (secondary N) is 2. The highest BCUT2D eigenvalue weighted by Gasteiger charge is 2.28. The smallest absolute Gasteiger partial charge is 0.348 e. The van der Waals surface area contributed by atoms with E-state index in [1.54, 1.807) is 12.3 Å². The van der Waals surface area contributed by atoms with Crippen molar-refractivity contribution >= 4 is 34.8 Å². The topological polar surface area (TPSA) is 95.5 Å². The van der Waals surface area contributed by atoms with Crippen LogP contribution < -0.4 is 10.6 Å². The van der Waals surface area contributed by atoms with Crippen LogP contribution in [0.3, 0.4) is 0 Å². The molecule has 1 aromatic rings. The fraction of sp³-hybridized carbons (Fsp3) is 0.364. The highest BCUT2D eigenvalue weighted by atomic mass is 32.1. The summed E-state index contributed by atoms with van der Waals surface area (Å²) < 4.78 is 0. The van der Waals surface area contributed by atoms with Crippen molar-refractivity contribution in [3.8, 4) is 0 Å². The summed E-state index contributed by atoms with van der Waals surface area (Å²) in [6, 6.07) is -0.571. The SMILES string of the molecule is Cc1csc(C(=O)O)c1NC(=O)C1CCC(=O)N1. The van der Waals surface area contributed by atoms with Gasteiger partial charge in [-0.1, -0.05) is 0 Å². The maximum Gasteiger partial charge on any atom is 0.348 e. The van der Waals surface area contributed by atoms with Crippen molar-refractivity contribution in [3.63, 3.8) is 0 Å². The van der Waals surface area contributed by atoms with Crippen molar-refractivity contribution in [1.29, 1.82) is 0 Å². The predicted octanol–water partition coefficient (Wildman–Crippen LogP) is 0.972. The zero-order valence-corrected chi connectivity index (χ0v) is 10.5. The number of carboxylic acids is 1. The summed E-state index contributed by atoms with van der Waals surface area (Å²) in [4.78, 5) is 34.0. The molecule has 1 aliphatic rings. The molecule has 0 aliphatic carbocycles. The minimum absolute atomic E-state index is 0.102. The summed E-state index contributed by atoms with van der Waals surface area (Å²) >= 11 is 1.07. The van der Waals surface area contributed by atoms with Crippen molar-refractivity contribution in [3.05, 3.63) is 15.8 Å². The van der Waals surface area contributed by atoms with Crippen molar-refractivity contribution < 1.29 is 19.5 Å². The van der Waals surface area contributed by atoms with Crippen LogP contribution in [0.2, 0.25) is 0 Å². The average Bonchev–Trinajstić information content (AvgIpc) is 2.87. The standard InChI is InChI=1S/C11H12N2O4S/c1-5-4-18-9(11(16)17)8(5)13-10(15)6-2-3-7(14)12-6/h4,6H,2-3H2,1H3,(H,12,14)(H,13,15)(H,16,17). The number of hydrogen-bond acceptors (Lipinski definition) is 4. The van der Waals surface area contributed by atoms with Crippen LogP contribution in [0.1, 0.15) is 28.1 Å². The summed E-state index contributed by atoms with van der Waals surface area (Å²) in [5, 5.41) is 15.8. The van der Waals surface area contributed by atoms with E-state index in [-0.39, 0.29) is 16.7 Å². The zero-order valence-electron chi connectivity index (χ0n) is 9.65. The number of carbonyl (C=O) groups excluding carboxylic acids is 2. The van der Waals surface area contributed by atoms with Gasteiger partial charge in [0.2, 0.25) is 11.8 Å². The van der Waals surface area contributed by atoms with Gasteiger partial charge in [-0.15, -0.1) is 11.3 Å². The molecule has 1 aliphatic heterocycles. The third kappa shape index (κ3) is 2.35. The molecule has 7 heteroatoms. The Morgan fingerprint density at radius 2 is 2.28 bits per heavy atom. The molecule has 1 fully saturated rings. The molecule has 1 saturated heterocycles. The molecule has 0 radical (unpaired) electrons. The first kappa shape index (κ1) is 12.6. The molecule has 1 unspecified atom stereocenters. The number of aryl methyl sites for hydroxylation is 1. The Hall–Kier alpha value is -1.89. The Bertz CT molecular complexity index is 523. The summed E-state index contributed by atoms with van der Waals surface area (Å²) in [5.41, 5.74) is 1.02. The zero-order chi connectivity index (χ0) is 13.3. The fourth-order valence-corrected chi connectivity index (χ4v) is 2.62. The lowest BCUT2D eigenvalue weighted by atomic mass is 10.2. The van der Waals surface area contributed by atoms with Crippen molar-refractivity contribution in [1.82, 2.24) is 5.32 Å². The largest absolute Gasteiger partial charge is 0.477 e. The van der Waals surface area contributed by atoms with Gasteiger partial charge in [0.1, 0.15) is 10.9 Å². The second kappa shape index (κ2) is 4.77. The molecule has 96 valence electrons. The Kier molecular flexibility index (Phi) is 3.33. The van der Waals surface area contributed by atoms with Gasteiger partial charge in [-0.3, -0.25) is 9.59 Å². The molecule has 0 aromatic carbocycles. The minimum atomic E-state index is -1.07. The monoisotopic (exact) mass is 268 g/mol. The number of amides is 2. The number of thiophene rings is 1. The first-order chi connectivity index (χ1) is 8.49. The van der Waals surface area contributed by atoms with Gasteiger partial charge in [0.15, 0.2) is 0 Å². The van der Waals surface area contributed by atoms with Gasteiger partial charge in [-0.05, 0) is 24.3 Å². The van der Waals surface area contributed by atoms with Gasteiger partial charge >= 0.3 is 5.97 Å². The fourth-order valence-electron chi connectivity index (χ4n) is 1.78. The Morgan fingerprint density at radius 1 is 1.56 bits per heavy atom. The van der Waals surface area contributed by atoms with Crippen molar-refractivity contribution in [2.75, 3.05) is 5.32 Å². The van der Waals surface area contributed by atoms with Gasteiger partial charge in [0.25, 0.3) is 0 Å². The van der Waals surface area contributed by atoms with E-state index in [1.807, 2.05) is 0 Å². The number of anilines is 1. The van der Waals surface area contributed by atoms with Crippen LogP contribution in [0, 0.1) is 6.92 Å². The first-order valence-electron chi connectivity index (χ1n) is 5.40. The second-order valence-electron chi connectivity index (χ2n) is 4.08. The maximum absolute atomic E-state index is 11.9. The maximum atomic E-state index is 11.9. The highest BCUT2D eigenvalue weighted by molar-refractivity contribution is 7.12. The number of rotatable bonds is 3. The van der Waals surface area contributed by atoms with Gasteiger partial charge in [0.05, 0.1) is 5.69 Å². The van der Waals surface area contributed by atoms with Crippen LogP contribution in [0.4, 0.5) is 5.69 Å². The predicted molar refractivity (Wildman–Crippen MR) is 65.8 cm³/mol.